The second-order valence-corrected chi connectivity index (χ2v) is 7.45. The number of rotatable bonds is 4. The van der Waals surface area contributed by atoms with Gasteiger partial charge in [0.05, 0.1) is 15.6 Å². The lowest BCUT2D eigenvalue weighted by molar-refractivity contribution is 0.0919. The second kappa shape index (κ2) is 7.99. The quantitative estimate of drug-likeness (QED) is 0.763. The number of hydrogen-bond donors (Lipinski definition) is 3. The molecule has 2 heterocycles. The van der Waals surface area contributed by atoms with Crippen LogP contribution in [-0.2, 0) is 0 Å². The van der Waals surface area contributed by atoms with E-state index in [0.29, 0.717) is 21.2 Å². The van der Waals surface area contributed by atoms with Crippen molar-refractivity contribution in [3.05, 3.63) is 51.2 Å². The molecule has 1 aromatic heterocycles. The minimum absolute atomic E-state index is 0.0982. The van der Waals surface area contributed by atoms with E-state index in [2.05, 4.69) is 22.9 Å². The lowest BCUT2D eigenvalue weighted by atomic mass is 9.99. The molecule has 1 saturated heterocycles. The highest BCUT2D eigenvalue weighted by molar-refractivity contribution is 7.12. The van der Waals surface area contributed by atoms with Crippen LogP contribution in [0.15, 0.2) is 35.7 Å². The van der Waals surface area contributed by atoms with Crippen LogP contribution < -0.4 is 16.0 Å². The molecular formula is C18H20ClN3O2S. The van der Waals surface area contributed by atoms with Crippen LogP contribution in [0.3, 0.4) is 0 Å². The molecule has 7 heteroatoms. The summed E-state index contributed by atoms with van der Waals surface area (Å²) in [6, 6.07) is 8.79. The molecule has 25 heavy (non-hydrogen) atoms. The number of carbonyl (C=O) groups excluding carboxylic acids is 2. The Morgan fingerprint density at radius 3 is 2.84 bits per heavy atom. The van der Waals surface area contributed by atoms with Gasteiger partial charge in [0.1, 0.15) is 0 Å². The van der Waals surface area contributed by atoms with E-state index >= 15 is 0 Å². The Hall–Kier alpha value is -1.89. The Labute approximate surface area is 155 Å². The highest BCUT2D eigenvalue weighted by Crippen LogP contribution is 2.24. The zero-order valence-corrected chi connectivity index (χ0v) is 15.4. The topological polar surface area (TPSA) is 70.2 Å². The summed E-state index contributed by atoms with van der Waals surface area (Å²) in [6.07, 6.45) is 1.99. The molecule has 1 aliphatic heterocycles. The van der Waals surface area contributed by atoms with Gasteiger partial charge in [0, 0.05) is 17.6 Å². The van der Waals surface area contributed by atoms with E-state index in [9.17, 15) is 9.59 Å². The molecule has 0 spiro atoms. The summed E-state index contributed by atoms with van der Waals surface area (Å²) < 4.78 is 0. The Morgan fingerprint density at radius 2 is 2.12 bits per heavy atom. The van der Waals surface area contributed by atoms with E-state index in [1.165, 1.54) is 11.3 Å². The van der Waals surface area contributed by atoms with Crippen LogP contribution in [0.2, 0.25) is 5.02 Å². The van der Waals surface area contributed by atoms with Gasteiger partial charge >= 0.3 is 0 Å². The molecule has 3 rings (SSSR count). The van der Waals surface area contributed by atoms with Crippen molar-refractivity contribution >= 4 is 40.4 Å². The summed E-state index contributed by atoms with van der Waals surface area (Å²) in [7, 11) is 0. The third-order valence-electron chi connectivity index (χ3n) is 4.30. The van der Waals surface area contributed by atoms with Gasteiger partial charge in [-0.3, -0.25) is 9.59 Å². The Balaban J connectivity index is 1.72. The van der Waals surface area contributed by atoms with Crippen LogP contribution in [0.25, 0.3) is 0 Å². The maximum absolute atomic E-state index is 12.5. The fraction of sp³-hybridized carbons (Fsp3) is 0.333. The molecule has 1 fully saturated rings. The smallest absolute Gasteiger partial charge is 0.265 e. The van der Waals surface area contributed by atoms with Gasteiger partial charge in [-0.2, -0.15) is 0 Å². The molecule has 0 bridgehead atoms. The van der Waals surface area contributed by atoms with Gasteiger partial charge in [0.25, 0.3) is 11.8 Å². The summed E-state index contributed by atoms with van der Waals surface area (Å²) in [5, 5.41) is 11.4. The number of nitrogens with one attached hydrogen (secondary N) is 3. The normalized spacial score (nSPS) is 20.1. The first-order chi connectivity index (χ1) is 12.0. The third-order valence-corrected chi connectivity index (χ3v) is 5.50. The summed E-state index contributed by atoms with van der Waals surface area (Å²) >= 11 is 7.52. The molecule has 0 aliphatic carbocycles. The molecule has 3 N–H and O–H groups in total. The van der Waals surface area contributed by atoms with Crippen LogP contribution in [0, 0.1) is 0 Å². The molecule has 1 aromatic carbocycles. The fourth-order valence-corrected chi connectivity index (χ4v) is 3.63. The maximum Gasteiger partial charge on any atom is 0.265 e. The van der Waals surface area contributed by atoms with Crippen molar-refractivity contribution in [2.45, 2.75) is 31.8 Å². The third kappa shape index (κ3) is 4.39. The first-order valence-electron chi connectivity index (χ1n) is 8.23. The Kier molecular flexibility index (Phi) is 5.73. The van der Waals surface area contributed by atoms with E-state index in [1.807, 2.05) is 11.4 Å². The average Bonchev–Trinajstić information content (AvgIpc) is 3.13. The minimum atomic E-state index is -0.237. The van der Waals surface area contributed by atoms with Crippen molar-refractivity contribution in [1.29, 1.82) is 0 Å². The molecule has 5 nitrogen and oxygen atoms in total. The van der Waals surface area contributed by atoms with E-state index < -0.39 is 0 Å². The molecular weight excluding hydrogens is 358 g/mol. The Morgan fingerprint density at radius 1 is 1.28 bits per heavy atom. The van der Waals surface area contributed by atoms with E-state index in [1.54, 1.807) is 24.3 Å². The highest BCUT2D eigenvalue weighted by Gasteiger charge is 2.23. The van der Waals surface area contributed by atoms with Crippen LogP contribution in [0.1, 0.15) is 39.8 Å². The summed E-state index contributed by atoms with van der Waals surface area (Å²) in [5.74, 6) is -0.400. The van der Waals surface area contributed by atoms with Gasteiger partial charge in [-0.25, -0.2) is 0 Å². The zero-order chi connectivity index (χ0) is 17.8. The number of halogens is 1. The van der Waals surface area contributed by atoms with Gasteiger partial charge in [-0.1, -0.05) is 17.7 Å². The van der Waals surface area contributed by atoms with E-state index in [0.717, 1.165) is 19.4 Å². The molecule has 132 valence electrons. The predicted molar refractivity (Wildman–Crippen MR) is 102 cm³/mol. The van der Waals surface area contributed by atoms with E-state index in [4.69, 9.17) is 11.6 Å². The van der Waals surface area contributed by atoms with Crippen molar-refractivity contribution in [3.63, 3.8) is 0 Å². The lowest BCUT2D eigenvalue weighted by Crippen LogP contribution is -2.51. The number of amides is 2. The van der Waals surface area contributed by atoms with Gasteiger partial charge in [0.15, 0.2) is 0 Å². The number of carbonyl (C=O) groups is 2. The first kappa shape index (κ1) is 17.9. The molecule has 2 amide bonds. The largest absolute Gasteiger partial charge is 0.348 e. The molecule has 1 aliphatic rings. The van der Waals surface area contributed by atoms with Crippen LogP contribution in [0.5, 0.6) is 0 Å². The molecule has 2 unspecified atom stereocenters. The number of benzene rings is 1. The minimum Gasteiger partial charge on any atom is -0.348 e. The number of thiophene rings is 1. The van der Waals surface area contributed by atoms with Gasteiger partial charge in [-0.15, -0.1) is 11.3 Å². The van der Waals surface area contributed by atoms with Gasteiger partial charge in [-0.05, 0) is 56.0 Å². The zero-order valence-electron chi connectivity index (χ0n) is 13.8. The van der Waals surface area contributed by atoms with Crippen molar-refractivity contribution in [3.8, 4) is 0 Å². The standard InChI is InChI=1S/C18H20ClN3O2S/c1-11-14(4-2-8-20-11)21-17(23)12-6-7-13(19)15(10-12)22-18(24)16-5-3-9-25-16/h3,5-7,9-11,14,20H,2,4,8H2,1H3,(H,21,23)(H,22,24). The molecule has 0 radical (unpaired) electrons. The van der Waals surface area contributed by atoms with Gasteiger partial charge < -0.3 is 16.0 Å². The van der Waals surface area contributed by atoms with Crippen molar-refractivity contribution in [2.24, 2.45) is 0 Å². The predicted octanol–water partition coefficient (Wildman–Crippen LogP) is 3.52. The number of anilines is 1. The maximum atomic E-state index is 12.5. The van der Waals surface area contributed by atoms with Crippen LogP contribution in [-0.4, -0.2) is 30.4 Å². The monoisotopic (exact) mass is 377 g/mol. The van der Waals surface area contributed by atoms with Crippen molar-refractivity contribution in [2.75, 3.05) is 11.9 Å². The highest BCUT2D eigenvalue weighted by atomic mass is 35.5. The molecule has 2 aromatic rings. The summed E-state index contributed by atoms with van der Waals surface area (Å²) in [4.78, 5) is 25.3. The lowest BCUT2D eigenvalue weighted by Gasteiger charge is -2.30. The van der Waals surface area contributed by atoms with Gasteiger partial charge in [0.2, 0.25) is 0 Å². The Bertz CT molecular complexity index is 764. The average molecular weight is 378 g/mol. The summed E-state index contributed by atoms with van der Waals surface area (Å²) in [6.45, 7) is 3.05. The first-order valence-corrected chi connectivity index (χ1v) is 9.49. The molecule has 2 atom stereocenters. The molecule has 0 saturated carbocycles. The number of hydrogen-bond acceptors (Lipinski definition) is 4. The SMILES string of the molecule is CC1NCCCC1NC(=O)c1ccc(Cl)c(NC(=O)c2cccs2)c1. The van der Waals surface area contributed by atoms with Crippen molar-refractivity contribution in [1.82, 2.24) is 10.6 Å². The van der Waals surface area contributed by atoms with Crippen molar-refractivity contribution < 1.29 is 9.59 Å². The van der Waals surface area contributed by atoms with E-state index in [-0.39, 0.29) is 23.9 Å². The number of piperidine rings is 1. The fourth-order valence-electron chi connectivity index (χ4n) is 2.85. The summed E-state index contributed by atoms with van der Waals surface area (Å²) in [5.41, 5.74) is 0.909. The second-order valence-electron chi connectivity index (χ2n) is 6.09. The van der Waals surface area contributed by atoms with Crippen LogP contribution in [0.4, 0.5) is 5.69 Å². The van der Waals surface area contributed by atoms with Crippen LogP contribution >= 0.6 is 22.9 Å².